The maximum absolute atomic E-state index is 6.77. The molecule has 0 saturated carbocycles. The van der Waals surface area contributed by atoms with E-state index in [9.17, 15) is 0 Å². The number of hydrogen-bond donors (Lipinski definition) is 0. The van der Waals surface area contributed by atoms with Crippen molar-refractivity contribution in [3.8, 4) is 28.4 Å². The van der Waals surface area contributed by atoms with Gasteiger partial charge in [-0.1, -0.05) is 123 Å². The Labute approximate surface area is 330 Å². The number of anilines is 3. The Morgan fingerprint density at radius 2 is 1.11 bits per heavy atom. The molecule has 0 N–H and O–H groups in total. The predicted molar refractivity (Wildman–Crippen MR) is 236 cm³/mol. The third-order valence-corrected chi connectivity index (χ3v) is 12.0. The molecular formula is C50H49BN4O. The molecule has 6 heteroatoms. The molecule has 0 fully saturated rings. The van der Waals surface area contributed by atoms with Crippen molar-refractivity contribution in [3.63, 3.8) is 0 Å². The Balaban J connectivity index is 1.24. The summed E-state index contributed by atoms with van der Waals surface area (Å²) in [5, 5.41) is 2.57. The van der Waals surface area contributed by atoms with E-state index in [4.69, 9.17) is 4.74 Å². The number of hydrogen-bond acceptors (Lipinski definition) is 2. The van der Waals surface area contributed by atoms with E-state index < -0.39 is 0 Å². The van der Waals surface area contributed by atoms with Gasteiger partial charge in [-0.25, -0.2) is 0 Å². The van der Waals surface area contributed by atoms with Gasteiger partial charge in [0.1, 0.15) is 11.6 Å². The van der Waals surface area contributed by atoms with Gasteiger partial charge in [0.2, 0.25) is 0 Å². The minimum absolute atomic E-state index is 0.0307. The van der Waals surface area contributed by atoms with E-state index in [1.54, 1.807) is 0 Å². The largest absolute Gasteiger partial charge is 0.442 e. The summed E-state index contributed by atoms with van der Waals surface area (Å²) in [5.41, 5.74) is 13.3. The zero-order chi connectivity index (χ0) is 38.9. The van der Waals surface area contributed by atoms with E-state index in [-0.39, 0.29) is 23.2 Å². The molecule has 3 aromatic heterocycles. The lowest BCUT2D eigenvalue weighted by Gasteiger charge is -2.39. The summed E-state index contributed by atoms with van der Waals surface area (Å²) in [4.78, 5) is 2.42. The molecule has 0 aliphatic carbocycles. The van der Waals surface area contributed by atoms with Gasteiger partial charge in [-0.2, -0.15) is 0 Å². The van der Waals surface area contributed by atoms with E-state index in [0.717, 1.165) is 40.0 Å². The second-order valence-corrected chi connectivity index (χ2v) is 18.9. The van der Waals surface area contributed by atoms with Crippen LogP contribution in [0, 0.1) is 0 Å². The summed E-state index contributed by atoms with van der Waals surface area (Å²) < 4.78 is 14.1. The van der Waals surface area contributed by atoms with Gasteiger partial charge in [0.05, 0.1) is 16.7 Å². The fourth-order valence-electron chi connectivity index (χ4n) is 8.76. The highest BCUT2D eigenvalue weighted by atomic mass is 16.5. The van der Waals surface area contributed by atoms with E-state index in [0.29, 0.717) is 0 Å². The van der Waals surface area contributed by atoms with Crippen molar-refractivity contribution in [1.82, 2.24) is 13.5 Å². The van der Waals surface area contributed by atoms with Crippen LogP contribution < -0.4 is 15.1 Å². The lowest BCUT2D eigenvalue weighted by atomic mass is 9.63. The minimum atomic E-state index is -0.127. The van der Waals surface area contributed by atoms with Gasteiger partial charge in [-0.05, 0) is 98.8 Å². The quantitative estimate of drug-likeness (QED) is 0.169. The van der Waals surface area contributed by atoms with Crippen LogP contribution >= 0.6 is 0 Å². The van der Waals surface area contributed by atoms with Crippen LogP contribution in [0.15, 0.2) is 134 Å². The third-order valence-electron chi connectivity index (χ3n) is 12.0. The lowest BCUT2D eigenvalue weighted by molar-refractivity contribution is 0.453. The van der Waals surface area contributed by atoms with Gasteiger partial charge < -0.3 is 18.3 Å². The van der Waals surface area contributed by atoms with Crippen molar-refractivity contribution in [2.24, 2.45) is 0 Å². The monoisotopic (exact) mass is 732 g/mol. The third kappa shape index (κ3) is 5.29. The number of ether oxygens (including phenoxy) is 1. The molecule has 5 nitrogen and oxygen atoms in total. The van der Waals surface area contributed by atoms with Gasteiger partial charge in [-0.15, -0.1) is 0 Å². The van der Waals surface area contributed by atoms with E-state index in [2.05, 4.69) is 214 Å². The van der Waals surface area contributed by atoms with Crippen molar-refractivity contribution in [2.45, 2.75) is 78.6 Å². The highest BCUT2D eigenvalue weighted by Crippen LogP contribution is 2.46. The Kier molecular flexibility index (Phi) is 7.30. The minimum Gasteiger partial charge on any atom is -0.442 e. The van der Waals surface area contributed by atoms with Crippen molar-refractivity contribution < 1.29 is 4.74 Å². The first-order valence-electron chi connectivity index (χ1n) is 20.0. The van der Waals surface area contributed by atoms with Crippen molar-refractivity contribution in [1.29, 1.82) is 0 Å². The number of benzene rings is 5. The molecule has 0 bridgehead atoms. The normalized spacial score (nSPS) is 13.9. The van der Waals surface area contributed by atoms with Crippen LogP contribution in [0.2, 0.25) is 0 Å². The average molecular weight is 733 g/mol. The topological polar surface area (TPSA) is 27.3 Å². The van der Waals surface area contributed by atoms with Gasteiger partial charge in [0.25, 0.3) is 0 Å². The molecule has 0 spiro atoms. The van der Waals surface area contributed by atoms with E-state index >= 15 is 0 Å². The Hall–Kier alpha value is -5.88. The van der Waals surface area contributed by atoms with Gasteiger partial charge in [0.15, 0.2) is 5.88 Å². The SMILES string of the molecule is CC(C)(C)c1ccc2c(c1)c1cc(C(C)(C)C)ccc1n2-c1cc2n(c1)B1c3c(cccc3N2c2ccc(-c3ccccc3)cc2)Oc2cc(C(C)(C)C)cn21. The Morgan fingerprint density at radius 3 is 1.71 bits per heavy atom. The summed E-state index contributed by atoms with van der Waals surface area (Å²) in [6.45, 7) is 20.5. The highest BCUT2D eigenvalue weighted by Gasteiger charge is 2.44. The molecule has 0 unspecified atom stereocenters. The van der Waals surface area contributed by atoms with Crippen LogP contribution in [-0.4, -0.2) is 20.5 Å². The molecular weight excluding hydrogens is 683 g/mol. The van der Waals surface area contributed by atoms with Crippen molar-refractivity contribution in [3.05, 3.63) is 150 Å². The smallest absolute Gasteiger partial charge is 0.429 e. The maximum Gasteiger partial charge on any atom is 0.429 e. The highest BCUT2D eigenvalue weighted by molar-refractivity contribution is 6.74. The molecule has 0 saturated heterocycles. The lowest BCUT2D eigenvalue weighted by Crippen LogP contribution is -2.52. The van der Waals surface area contributed by atoms with Crippen molar-refractivity contribution >= 4 is 51.4 Å². The maximum atomic E-state index is 6.77. The molecule has 5 aromatic carbocycles. The molecule has 5 heterocycles. The van der Waals surface area contributed by atoms with E-state index in [1.165, 1.54) is 49.6 Å². The number of nitrogens with zero attached hydrogens (tertiary/aromatic N) is 4. The summed E-state index contributed by atoms with van der Waals surface area (Å²) in [6.07, 6.45) is 4.67. The molecule has 2 aliphatic rings. The Bertz CT molecular complexity index is 2760. The molecule has 0 amide bonds. The average Bonchev–Trinajstić information content (AvgIpc) is 3.88. The van der Waals surface area contributed by atoms with Crippen LogP contribution in [-0.2, 0) is 16.2 Å². The second-order valence-electron chi connectivity index (χ2n) is 18.9. The van der Waals surface area contributed by atoms with Gasteiger partial charge in [-0.3, -0.25) is 4.90 Å². The van der Waals surface area contributed by atoms with Gasteiger partial charge >= 0.3 is 6.98 Å². The first-order valence-corrected chi connectivity index (χ1v) is 20.0. The molecule has 0 atom stereocenters. The summed E-state index contributed by atoms with van der Waals surface area (Å²) >= 11 is 0. The predicted octanol–water partition coefficient (Wildman–Crippen LogP) is 12.6. The molecule has 278 valence electrons. The number of fused-ring (bicyclic) bond motifs is 7. The Morgan fingerprint density at radius 1 is 0.500 bits per heavy atom. The zero-order valence-electron chi connectivity index (χ0n) is 34.0. The fourth-order valence-corrected chi connectivity index (χ4v) is 8.76. The first kappa shape index (κ1) is 34.6. The second kappa shape index (κ2) is 11.8. The molecule has 10 rings (SSSR count). The van der Waals surface area contributed by atoms with E-state index in [1.807, 2.05) is 0 Å². The standard InChI is InChI=1S/C50H49BN4O/c1-48(2,3)34-20-24-41-39(26-34)40-27-35(49(4,5)6)21-25-42(40)54(41)38-29-45-52(31-38)51-47-43(55(45)37-22-18-33(19-23-37)32-14-11-10-12-15-32)16-13-17-44(47)56-46-28-36(30-53(46)51)50(7,8)9/h10-31H,1-9H3. The van der Waals surface area contributed by atoms with Gasteiger partial charge in [0, 0.05) is 45.9 Å². The number of rotatable bonds is 3. The van der Waals surface area contributed by atoms with Crippen LogP contribution in [0.1, 0.15) is 79.0 Å². The molecule has 2 aliphatic heterocycles. The first-order chi connectivity index (χ1) is 26.6. The molecule has 56 heavy (non-hydrogen) atoms. The van der Waals surface area contributed by atoms with Crippen LogP contribution in [0.3, 0.4) is 0 Å². The molecule has 8 aromatic rings. The van der Waals surface area contributed by atoms with Crippen LogP contribution in [0.25, 0.3) is 38.6 Å². The number of aromatic nitrogens is 3. The fraction of sp³-hybridized carbons (Fsp3) is 0.240. The summed E-state index contributed by atoms with van der Waals surface area (Å²) in [7, 11) is 0. The molecule has 0 radical (unpaired) electrons. The van der Waals surface area contributed by atoms with Crippen LogP contribution in [0.5, 0.6) is 11.6 Å². The van der Waals surface area contributed by atoms with Crippen molar-refractivity contribution in [2.75, 3.05) is 4.90 Å². The zero-order valence-corrected chi connectivity index (χ0v) is 34.0. The van der Waals surface area contributed by atoms with Crippen LogP contribution in [0.4, 0.5) is 17.2 Å². The summed E-state index contributed by atoms with van der Waals surface area (Å²) in [6, 6.07) is 44.9. The summed E-state index contributed by atoms with van der Waals surface area (Å²) in [5.74, 6) is 2.87.